The number of hydrogen-bond donors (Lipinski definition) is 2. The molecule has 1 aromatic carbocycles. The molecule has 1 aromatic heterocycles. The van der Waals surface area contributed by atoms with E-state index in [9.17, 15) is 9.59 Å². The summed E-state index contributed by atoms with van der Waals surface area (Å²) < 4.78 is 11.5. The Balaban J connectivity index is 2.08. The minimum atomic E-state index is -0.632. The van der Waals surface area contributed by atoms with Gasteiger partial charge in [-0.3, -0.25) is 9.59 Å². The molecule has 0 saturated carbocycles. The van der Waals surface area contributed by atoms with Crippen LogP contribution in [0.4, 0.5) is 0 Å². The minimum absolute atomic E-state index is 0.169. The molecule has 0 aliphatic heterocycles. The summed E-state index contributed by atoms with van der Waals surface area (Å²) in [7, 11) is 0. The fourth-order valence-electron chi connectivity index (χ4n) is 2.43. The molecule has 6 heteroatoms. The summed E-state index contributed by atoms with van der Waals surface area (Å²) >= 11 is 0. The lowest BCUT2D eigenvalue weighted by Gasteiger charge is -2.22. The van der Waals surface area contributed by atoms with Crippen LogP contribution in [-0.4, -0.2) is 24.5 Å². The largest absolute Gasteiger partial charge is 0.490 e. The van der Waals surface area contributed by atoms with Crippen molar-refractivity contribution in [1.82, 2.24) is 10.6 Å². The lowest BCUT2D eigenvalue weighted by molar-refractivity contribution is -0.133. The summed E-state index contributed by atoms with van der Waals surface area (Å²) in [6.07, 6.45) is 0. The maximum Gasteiger partial charge on any atom is 0.242 e. The molecule has 0 bridgehead atoms. The lowest BCUT2D eigenvalue weighted by Crippen LogP contribution is -2.48. The van der Waals surface area contributed by atoms with Crippen molar-refractivity contribution in [2.45, 2.75) is 53.6 Å². The summed E-state index contributed by atoms with van der Waals surface area (Å²) in [5, 5.41) is 6.52. The molecule has 0 radical (unpaired) electrons. The molecule has 142 valence electrons. The topological polar surface area (TPSA) is 80.6 Å². The molecule has 6 nitrogen and oxygen atoms in total. The van der Waals surface area contributed by atoms with Crippen LogP contribution in [0.1, 0.15) is 53.3 Å². The number of para-hydroxylation sites is 1. The Bertz CT molecular complexity index is 789. The van der Waals surface area contributed by atoms with Crippen LogP contribution in [-0.2, 0) is 9.59 Å². The van der Waals surface area contributed by atoms with Gasteiger partial charge in [-0.25, -0.2) is 0 Å². The van der Waals surface area contributed by atoms with Gasteiger partial charge in [-0.2, -0.15) is 0 Å². The van der Waals surface area contributed by atoms with Crippen LogP contribution in [0.25, 0.3) is 11.0 Å². The molecular formula is C20H28N2O4. The van der Waals surface area contributed by atoms with Crippen molar-refractivity contribution in [3.63, 3.8) is 0 Å². The van der Waals surface area contributed by atoms with Crippen LogP contribution in [0.3, 0.4) is 0 Å². The predicted molar refractivity (Wildman–Crippen MR) is 101 cm³/mol. The maximum atomic E-state index is 12.4. The van der Waals surface area contributed by atoms with Gasteiger partial charge in [0.15, 0.2) is 11.3 Å². The normalized spacial score (nSPS) is 13.9. The van der Waals surface area contributed by atoms with Crippen LogP contribution in [0, 0.1) is 5.41 Å². The van der Waals surface area contributed by atoms with Gasteiger partial charge < -0.3 is 19.8 Å². The van der Waals surface area contributed by atoms with Gasteiger partial charge in [0.05, 0.1) is 12.6 Å². The van der Waals surface area contributed by atoms with E-state index in [2.05, 4.69) is 10.6 Å². The smallest absolute Gasteiger partial charge is 0.242 e. The second kappa shape index (κ2) is 7.81. The molecule has 2 amide bonds. The second-order valence-electron chi connectivity index (χ2n) is 7.43. The van der Waals surface area contributed by atoms with Gasteiger partial charge in [0.2, 0.25) is 11.8 Å². The van der Waals surface area contributed by atoms with Gasteiger partial charge in [-0.1, -0.05) is 32.9 Å². The van der Waals surface area contributed by atoms with Crippen molar-refractivity contribution in [2.24, 2.45) is 5.41 Å². The number of nitrogens with one attached hydrogen (secondary N) is 2. The lowest BCUT2D eigenvalue weighted by atomic mass is 9.95. The maximum absolute atomic E-state index is 12.4. The summed E-state index contributed by atoms with van der Waals surface area (Å²) in [4.78, 5) is 24.4. The Morgan fingerprint density at radius 3 is 2.50 bits per heavy atom. The second-order valence-corrected chi connectivity index (χ2v) is 7.43. The monoisotopic (exact) mass is 360 g/mol. The van der Waals surface area contributed by atoms with Crippen molar-refractivity contribution < 1.29 is 18.7 Å². The highest BCUT2D eigenvalue weighted by molar-refractivity contribution is 5.89. The highest BCUT2D eigenvalue weighted by Crippen LogP contribution is 2.31. The van der Waals surface area contributed by atoms with Crippen molar-refractivity contribution in [2.75, 3.05) is 6.61 Å². The zero-order valence-electron chi connectivity index (χ0n) is 16.3. The fraction of sp³-hybridized carbons (Fsp3) is 0.500. The zero-order valence-corrected chi connectivity index (χ0v) is 16.3. The number of carbonyl (C=O) groups is 2. The first kappa shape index (κ1) is 19.8. The van der Waals surface area contributed by atoms with E-state index < -0.39 is 11.5 Å². The number of rotatable bonds is 6. The molecule has 0 fully saturated rings. The number of amides is 2. The molecule has 2 rings (SSSR count). The number of hydrogen-bond acceptors (Lipinski definition) is 4. The highest BCUT2D eigenvalue weighted by atomic mass is 16.5. The average Bonchev–Trinajstić information content (AvgIpc) is 2.99. The van der Waals surface area contributed by atoms with E-state index in [1.807, 2.05) is 38.1 Å². The predicted octanol–water partition coefficient (Wildman–Crippen LogP) is 3.56. The van der Waals surface area contributed by atoms with Gasteiger partial charge in [0.1, 0.15) is 11.8 Å². The SMILES string of the molecule is CCOc1cccc2cc(C(C)NC(=O)C(C)NC(=O)C(C)(C)C)oc12. The zero-order chi connectivity index (χ0) is 19.5. The fourth-order valence-corrected chi connectivity index (χ4v) is 2.43. The molecule has 2 atom stereocenters. The third-order valence-electron chi connectivity index (χ3n) is 4.03. The number of benzene rings is 1. The number of furan rings is 1. The van der Waals surface area contributed by atoms with E-state index in [-0.39, 0.29) is 17.9 Å². The van der Waals surface area contributed by atoms with E-state index in [0.717, 1.165) is 5.39 Å². The third-order valence-corrected chi connectivity index (χ3v) is 4.03. The van der Waals surface area contributed by atoms with E-state index >= 15 is 0 Å². The van der Waals surface area contributed by atoms with Crippen LogP contribution >= 0.6 is 0 Å². The summed E-state index contributed by atoms with van der Waals surface area (Å²) in [5.41, 5.74) is 0.119. The molecule has 2 unspecified atom stereocenters. The highest BCUT2D eigenvalue weighted by Gasteiger charge is 2.26. The van der Waals surface area contributed by atoms with Gasteiger partial charge in [0.25, 0.3) is 0 Å². The minimum Gasteiger partial charge on any atom is -0.490 e. The molecule has 1 heterocycles. The standard InChI is InChI=1S/C20H28N2O4/c1-7-25-15-10-8-9-14-11-16(26-17(14)15)12(2)21-18(23)13(3)22-19(24)20(4,5)6/h8-13H,7H2,1-6H3,(H,21,23)(H,22,24). The van der Waals surface area contributed by atoms with Crippen molar-refractivity contribution in [3.05, 3.63) is 30.0 Å². The van der Waals surface area contributed by atoms with Crippen LogP contribution in [0.2, 0.25) is 0 Å². The summed E-state index contributed by atoms with van der Waals surface area (Å²) in [6.45, 7) is 11.4. The van der Waals surface area contributed by atoms with Crippen LogP contribution < -0.4 is 15.4 Å². The van der Waals surface area contributed by atoms with E-state index in [1.165, 1.54) is 0 Å². The van der Waals surface area contributed by atoms with Crippen molar-refractivity contribution in [3.8, 4) is 5.75 Å². The molecule has 0 saturated heterocycles. The Labute approximate surface area is 154 Å². The quantitative estimate of drug-likeness (QED) is 0.825. The Morgan fingerprint density at radius 2 is 1.88 bits per heavy atom. The van der Waals surface area contributed by atoms with Crippen molar-refractivity contribution >= 4 is 22.8 Å². The third kappa shape index (κ3) is 4.56. The van der Waals surface area contributed by atoms with Crippen LogP contribution in [0.5, 0.6) is 5.75 Å². The van der Waals surface area contributed by atoms with E-state index in [0.29, 0.717) is 23.7 Å². The van der Waals surface area contributed by atoms with Crippen LogP contribution in [0.15, 0.2) is 28.7 Å². The van der Waals surface area contributed by atoms with E-state index in [1.54, 1.807) is 27.7 Å². The molecule has 2 N–H and O–H groups in total. The van der Waals surface area contributed by atoms with Gasteiger partial charge in [-0.15, -0.1) is 0 Å². The molecular weight excluding hydrogens is 332 g/mol. The van der Waals surface area contributed by atoms with Gasteiger partial charge in [0, 0.05) is 10.8 Å². The molecule has 2 aromatic rings. The first-order valence-electron chi connectivity index (χ1n) is 8.90. The van der Waals surface area contributed by atoms with E-state index in [4.69, 9.17) is 9.15 Å². The number of ether oxygens (including phenoxy) is 1. The number of fused-ring (bicyclic) bond motifs is 1. The van der Waals surface area contributed by atoms with Gasteiger partial charge in [-0.05, 0) is 32.9 Å². The summed E-state index contributed by atoms with van der Waals surface area (Å²) in [5.74, 6) is 0.883. The summed E-state index contributed by atoms with van der Waals surface area (Å²) in [6, 6.07) is 6.62. The molecule has 0 aliphatic carbocycles. The van der Waals surface area contributed by atoms with Crippen molar-refractivity contribution in [1.29, 1.82) is 0 Å². The first-order chi connectivity index (χ1) is 12.1. The first-order valence-corrected chi connectivity index (χ1v) is 8.90. The molecule has 26 heavy (non-hydrogen) atoms. The Kier molecular flexibility index (Phi) is 5.95. The average molecular weight is 360 g/mol. The Morgan fingerprint density at radius 1 is 1.19 bits per heavy atom. The van der Waals surface area contributed by atoms with Gasteiger partial charge >= 0.3 is 0 Å². The Hall–Kier alpha value is -2.50. The molecule has 0 aliphatic rings. The number of carbonyl (C=O) groups excluding carboxylic acids is 2. The molecule has 0 spiro atoms.